The SMILES string of the molecule is COCCOCCOC[C@H]1CCNC1. The minimum absolute atomic E-state index is 0.658. The fraction of sp³-hybridized carbons (Fsp3) is 1.00. The second-order valence-corrected chi connectivity index (χ2v) is 3.54. The highest BCUT2D eigenvalue weighted by molar-refractivity contribution is 4.69. The second kappa shape index (κ2) is 8.17. The fourth-order valence-electron chi connectivity index (χ4n) is 1.47. The molecule has 1 rings (SSSR count). The van der Waals surface area contributed by atoms with Crippen molar-refractivity contribution in [2.75, 3.05) is 53.2 Å². The van der Waals surface area contributed by atoms with Gasteiger partial charge in [-0.15, -0.1) is 0 Å². The quantitative estimate of drug-likeness (QED) is 0.575. The highest BCUT2D eigenvalue weighted by atomic mass is 16.5. The highest BCUT2D eigenvalue weighted by Gasteiger charge is 2.13. The van der Waals surface area contributed by atoms with Crippen LogP contribution in [0.3, 0.4) is 0 Å². The first-order chi connectivity index (χ1) is 6.93. The van der Waals surface area contributed by atoms with Gasteiger partial charge in [0.05, 0.1) is 33.0 Å². The molecular formula is C10H21NO3. The molecule has 0 radical (unpaired) electrons. The Morgan fingerprint density at radius 1 is 1.14 bits per heavy atom. The van der Waals surface area contributed by atoms with Crippen LogP contribution in [-0.4, -0.2) is 53.2 Å². The van der Waals surface area contributed by atoms with Gasteiger partial charge in [-0.1, -0.05) is 0 Å². The molecule has 0 aromatic heterocycles. The normalized spacial score (nSPS) is 21.6. The van der Waals surface area contributed by atoms with Gasteiger partial charge in [0.1, 0.15) is 0 Å². The van der Waals surface area contributed by atoms with Gasteiger partial charge in [0.25, 0.3) is 0 Å². The molecule has 1 atom stereocenters. The Balaban J connectivity index is 1.75. The maximum Gasteiger partial charge on any atom is 0.0701 e. The molecule has 0 spiro atoms. The van der Waals surface area contributed by atoms with Crippen LogP contribution in [0, 0.1) is 5.92 Å². The first-order valence-corrected chi connectivity index (χ1v) is 5.28. The number of ether oxygens (including phenoxy) is 3. The average molecular weight is 203 g/mol. The predicted octanol–water partition coefficient (Wildman–Crippen LogP) is 0.276. The molecule has 4 heteroatoms. The Morgan fingerprint density at radius 2 is 1.93 bits per heavy atom. The van der Waals surface area contributed by atoms with Crippen LogP contribution in [-0.2, 0) is 14.2 Å². The summed E-state index contributed by atoms with van der Waals surface area (Å²) >= 11 is 0. The van der Waals surface area contributed by atoms with Crippen molar-refractivity contribution >= 4 is 0 Å². The van der Waals surface area contributed by atoms with Crippen molar-refractivity contribution in [1.82, 2.24) is 5.32 Å². The third-order valence-corrected chi connectivity index (χ3v) is 2.32. The zero-order valence-electron chi connectivity index (χ0n) is 8.96. The van der Waals surface area contributed by atoms with Gasteiger partial charge in [0.2, 0.25) is 0 Å². The second-order valence-electron chi connectivity index (χ2n) is 3.54. The van der Waals surface area contributed by atoms with Gasteiger partial charge in [-0.2, -0.15) is 0 Å². The van der Waals surface area contributed by atoms with E-state index in [1.54, 1.807) is 7.11 Å². The van der Waals surface area contributed by atoms with Crippen molar-refractivity contribution in [1.29, 1.82) is 0 Å². The predicted molar refractivity (Wildman–Crippen MR) is 54.5 cm³/mol. The molecule has 0 aliphatic carbocycles. The summed E-state index contributed by atoms with van der Waals surface area (Å²) in [4.78, 5) is 0. The van der Waals surface area contributed by atoms with Crippen LogP contribution >= 0.6 is 0 Å². The molecule has 1 heterocycles. The van der Waals surface area contributed by atoms with Crippen LogP contribution in [0.2, 0.25) is 0 Å². The van der Waals surface area contributed by atoms with E-state index in [2.05, 4.69) is 5.32 Å². The Morgan fingerprint density at radius 3 is 2.64 bits per heavy atom. The summed E-state index contributed by atoms with van der Waals surface area (Å²) in [6.45, 7) is 5.78. The zero-order chi connectivity index (χ0) is 10.1. The number of nitrogens with one attached hydrogen (secondary N) is 1. The van der Waals surface area contributed by atoms with Crippen LogP contribution < -0.4 is 5.32 Å². The molecule has 0 aromatic rings. The Labute approximate surface area is 85.9 Å². The summed E-state index contributed by atoms with van der Waals surface area (Å²) < 4.78 is 15.6. The van der Waals surface area contributed by atoms with E-state index in [1.165, 1.54) is 6.42 Å². The monoisotopic (exact) mass is 203 g/mol. The number of methoxy groups -OCH3 is 1. The molecule has 84 valence electrons. The molecule has 14 heavy (non-hydrogen) atoms. The molecule has 1 N–H and O–H groups in total. The summed E-state index contributed by atoms with van der Waals surface area (Å²) in [6.07, 6.45) is 1.24. The van der Waals surface area contributed by atoms with Crippen molar-refractivity contribution in [3.8, 4) is 0 Å². The summed E-state index contributed by atoms with van der Waals surface area (Å²) in [7, 11) is 1.67. The average Bonchev–Trinajstić information content (AvgIpc) is 2.69. The Bertz CT molecular complexity index is 127. The van der Waals surface area contributed by atoms with E-state index in [9.17, 15) is 0 Å². The summed E-state index contributed by atoms with van der Waals surface area (Å²) in [6, 6.07) is 0. The molecule has 1 aliphatic heterocycles. The highest BCUT2D eigenvalue weighted by Crippen LogP contribution is 2.06. The molecule has 1 aliphatic rings. The lowest BCUT2D eigenvalue weighted by Gasteiger charge is -2.09. The van der Waals surface area contributed by atoms with Crippen molar-refractivity contribution in [2.24, 2.45) is 5.92 Å². The first-order valence-electron chi connectivity index (χ1n) is 5.28. The number of hydrogen-bond acceptors (Lipinski definition) is 4. The van der Waals surface area contributed by atoms with E-state index in [4.69, 9.17) is 14.2 Å². The van der Waals surface area contributed by atoms with Gasteiger partial charge >= 0.3 is 0 Å². The largest absolute Gasteiger partial charge is 0.382 e. The maximum absolute atomic E-state index is 5.49. The Kier molecular flexibility index (Phi) is 6.95. The van der Waals surface area contributed by atoms with Crippen molar-refractivity contribution in [3.63, 3.8) is 0 Å². The Hall–Kier alpha value is -0.160. The lowest BCUT2D eigenvalue weighted by atomic mass is 10.1. The summed E-state index contributed by atoms with van der Waals surface area (Å²) in [5.41, 5.74) is 0. The van der Waals surface area contributed by atoms with Gasteiger partial charge in [0, 0.05) is 13.7 Å². The number of rotatable bonds is 8. The van der Waals surface area contributed by atoms with Crippen molar-refractivity contribution in [3.05, 3.63) is 0 Å². The minimum Gasteiger partial charge on any atom is -0.382 e. The van der Waals surface area contributed by atoms with Crippen molar-refractivity contribution in [2.45, 2.75) is 6.42 Å². The fourth-order valence-corrected chi connectivity index (χ4v) is 1.47. The van der Waals surface area contributed by atoms with Gasteiger partial charge in [-0.25, -0.2) is 0 Å². The molecule has 1 saturated heterocycles. The first kappa shape index (κ1) is 11.9. The zero-order valence-corrected chi connectivity index (χ0v) is 8.96. The molecule has 0 amide bonds. The third-order valence-electron chi connectivity index (χ3n) is 2.32. The molecule has 0 bridgehead atoms. The van der Waals surface area contributed by atoms with Crippen LogP contribution in [0.1, 0.15) is 6.42 Å². The van der Waals surface area contributed by atoms with E-state index in [0.717, 1.165) is 19.7 Å². The van der Waals surface area contributed by atoms with Crippen LogP contribution in [0.4, 0.5) is 0 Å². The molecule has 0 unspecified atom stereocenters. The molecule has 1 fully saturated rings. The van der Waals surface area contributed by atoms with Gasteiger partial charge in [-0.3, -0.25) is 0 Å². The molecule has 4 nitrogen and oxygen atoms in total. The van der Waals surface area contributed by atoms with Crippen LogP contribution in [0.15, 0.2) is 0 Å². The number of hydrogen-bond donors (Lipinski definition) is 1. The molecular weight excluding hydrogens is 182 g/mol. The minimum atomic E-state index is 0.658. The van der Waals surface area contributed by atoms with E-state index in [1.807, 2.05) is 0 Å². The molecule has 0 aromatic carbocycles. The van der Waals surface area contributed by atoms with Gasteiger partial charge in [-0.05, 0) is 18.9 Å². The lowest BCUT2D eigenvalue weighted by Crippen LogP contribution is -2.16. The summed E-state index contributed by atoms with van der Waals surface area (Å²) in [5, 5.41) is 3.31. The van der Waals surface area contributed by atoms with E-state index >= 15 is 0 Å². The van der Waals surface area contributed by atoms with Crippen molar-refractivity contribution < 1.29 is 14.2 Å². The summed E-state index contributed by atoms with van der Waals surface area (Å²) in [5.74, 6) is 0.703. The lowest BCUT2D eigenvalue weighted by molar-refractivity contribution is 0.0172. The smallest absolute Gasteiger partial charge is 0.0701 e. The van der Waals surface area contributed by atoms with Gasteiger partial charge in [0.15, 0.2) is 0 Å². The van der Waals surface area contributed by atoms with Crippen LogP contribution in [0.25, 0.3) is 0 Å². The molecule has 0 saturated carbocycles. The third kappa shape index (κ3) is 5.54. The maximum atomic E-state index is 5.49. The van der Waals surface area contributed by atoms with E-state index < -0.39 is 0 Å². The van der Waals surface area contributed by atoms with E-state index in [0.29, 0.717) is 32.3 Å². The van der Waals surface area contributed by atoms with E-state index in [-0.39, 0.29) is 0 Å². The van der Waals surface area contributed by atoms with Gasteiger partial charge < -0.3 is 19.5 Å². The topological polar surface area (TPSA) is 39.7 Å². The van der Waals surface area contributed by atoms with Crippen LogP contribution in [0.5, 0.6) is 0 Å². The standard InChI is InChI=1S/C10H21NO3/c1-12-4-5-13-6-7-14-9-10-2-3-11-8-10/h10-11H,2-9H2,1H3/t10-/m0/s1.